The first-order chi connectivity index (χ1) is 18.8. The number of aromatic nitrogens is 4. The topological polar surface area (TPSA) is 85.6 Å². The molecule has 0 bridgehead atoms. The van der Waals surface area contributed by atoms with Crippen LogP contribution < -0.4 is 9.47 Å². The first-order valence-electron chi connectivity index (χ1n) is 13.9. The van der Waals surface area contributed by atoms with Crippen LogP contribution in [0, 0.1) is 0 Å². The van der Waals surface area contributed by atoms with Crippen LogP contribution in [0.5, 0.6) is 17.4 Å². The van der Waals surface area contributed by atoms with Gasteiger partial charge in [0.05, 0.1) is 6.61 Å². The number of ether oxygens (including phenoxy) is 2. The Labute approximate surface area is 224 Å². The Morgan fingerprint density at radius 2 is 1.82 bits per heavy atom. The fourth-order valence-electron chi connectivity index (χ4n) is 5.34. The van der Waals surface area contributed by atoms with E-state index in [1.165, 1.54) is 12.7 Å². The number of carbonyl (C=O) groups is 1. The Morgan fingerprint density at radius 3 is 2.66 bits per heavy atom. The minimum atomic E-state index is 0.244. The predicted octanol–water partition coefficient (Wildman–Crippen LogP) is 4.69. The van der Waals surface area contributed by atoms with Crippen LogP contribution in [-0.2, 0) is 17.9 Å². The molecule has 0 atom stereocenters. The number of hydrogen-bond donors (Lipinski definition) is 0. The number of pyridine rings is 1. The smallest absolute Gasteiger partial charge is 0.223 e. The summed E-state index contributed by atoms with van der Waals surface area (Å²) in [6.07, 6.45) is 12.8. The summed E-state index contributed by atoms with van der Waals surface area (Å²) in [5, 5.41) is 4.12. The van der Waals surface area contributed by atoms with Crippen LogP contribution in [0.15, 0.2) is 55.2 Å². The Hall–Kier alpha value is -3.46. The zero-order chi connectivity index (χ0) is 26.0. The molecule has 202 valence electrons. The van der Waals surface area contributed by atoms with Crippen LogP contribution in [0.1, 0.15) is 56.9 Å². The molecule has 1 aromatic carbocycles. The Bertz CT molecular complexity index is 1150. The van der Waals surface area contributed by atoms with Crippen LogP contribution >= 0.6 is 0 Å². The third-order valence-electron chi connectivity index (χ3n) is 7.45. The van der Waals surface area contributed by atoms with Crippen molar-refractivity contribution in [2.24, 2.45) is 0 Å². The number of para-hydroxylation sites is 2. The van der Waals surface area contributed by atoms with Crippen LogP contribution in [0.3, 0.4) is 0 Å². The number of fused-ring (bicyclic) bond motifs is 2. The summed E-state index contributed by atoms with van der Waals surface area (Å²) in [4.78, 5) is 26.0. The summed E-state index contributed by atoms with van der Waals surface area (Å²) >= 11 is 0. The lowest BCUT2D eigenvalue weighted by Gasteiger charge is -2.39. The van der Waals surface area contributed by atoms with Crippen molar-refractivity contribution in [3.8, 4) is 17.4 Å². The first-order valence-corrected chi connectivity index (χ1v) is 13.9. The number of amides is 1. The van der Waals surface area contributed by atoms with Crippen LogP contribution in [0.4, 0.5) is 0 Å². The summed E-state index contributed by atoms with van der Waals surface area (Å²) < 4.78 is 14.1. The molecular weight excluding hydrogens is 480 g/mol. The molecule has 0 radical (unpaired) electrons. The van der Waals surface area contributed by atoms with Crippen LogP contribution in [0.2, 0.25) is 0 Å². The third kappa shape index (κ3) is 7.10. The molecule has 0 saturated carbocycles. The van der Waals surface area contributed by atoms with Gasteiger partial charge < -0.3 is 14.4 Å². The molecule has 9 nitrogen and oxygen atoms in total. The quantitative estimate of drug-likeness (QED) is 0.484. The van der Waals surface area contributed by atoms with Crippen molar-refractivity contribution in [2.75, 3.05) is 26.2 Å². The van der Waals surface area contributed by atoms with Gasteiger partial charge >= 0.3 is 0 Å². The van der Waals surface area contributed by atoms with Gasteiger partial charge in [-0.15, -0.1) is 0 Å². The van der Waals surface area contributed by atoms with Crippen molar-refractivity contribution in [1.82, 2.24) is 29.5 Å². The molecule has 0 spiro atoms. The molecule has 1 fully saturated rings. The van der Waals surface area contributed by atoms with E-state index < -0.39 is 0 Å². The summed E-state index contributed by atoms with van der Waals surface area (Å²) in [6, 6.07) is 12.4. The molecule has 4 heterocycles. The van der Waals surface area contributed by atoms with E-state index >= 15 is 0 Å². The van der Waals surface area contributed by atoms with E-state index in [4.69, 9.17) is 9.47 Å². The van der Waals surface area contributed by atoms with Gasteiger partial charge in [-0.05, 0) is 56.8 Å². The fourth-order valence-corrected chi connectivity index (χ4v) is 5.34. The number of rotatable bonds is 5. The van der Waals surface area contributed by atoms with E-state index in [-0.39, 0.29) is 5.91 Å². The highest BCUT2D eigenvalue weighted by molar-refractivity contribution is 5.76. The number of likely N-dealkylation sites (tertiary alicyclic amines) is 1. The molecule has 2 aliphatic rings. The van der Waals surface area contributed by atoms with Crippen molar-refractivity contribution in [2.45, 2.75) is 70.5 Å². The molecule has 0 N–H and O–H groups in total. The molecular formula is C29H38N6O3. The number of benzene rings is 1. The number of piperidine rings is 1. The molecule has 0 unspecified atom stereocenters. The van der Waals surface area contributed by atoms with Gasteiger partial charge in [0, 0.05) is 50.4 Å². The molecule has 1 saturated heterocycles. The molecule has 2 aromatic heterocycles. The van der Waals surface area contributed by atoms with Gasteiger partial charge in [0.2, 0.25) is 11.8 Å². The first kappa shape index (κ1) is 26.2. The maximum atomic E-state index is 12.8. The number of hydrogen-bond acceptors (Lipinski definition) is 7. The number of aryl methyl sites for hydroxylation is 1. The molecule has 38 heavy (non-hydrogen) atoms. The SMILES string of the molecule is O=C(CCCn1cncn1)N1CCC(N2CCCCCCOc3ccccc3Oc3ncccc3C2)CC1. The van der Waals surface area contributed by atoms with Gasteiger partial charge in [-0.1, -0.05) is 31.0 Å². The van der Waals surface area contributed by atoms with E-state index in [9.17, 15) is 4.79 Å². The van der Waals surface area contributed by atoms with Gasteiger partial charge in [0.1, 0.15) is 12.7 Å². The number of nitrogens with zero attached hydrogens (tertiary/aromatic N) is 6. The van der Waals surface area contributed by atoms with Gasteiger partial charge in [-0.2, -0.15) is 5.10 Å². The second-order valence-electron chi connectivity index (χ2n) is 10.1. The Morgan fingerprint density at radius 1 is 0.974 bits per heavy atom. The van der Waals surface area contributed by atoms with E-state index in [0.29, 0.717) is 30.7 Å². The highest BCUT2D eigenvalue weighted by Gasteiger charge is 2.27. The van der Waals surface area contributed by atoms with Crippen LogP contribution in [0.25, 0.3) is 0 Å². The van der Waals surface area contributed by atoms with E-state index in [1.54, 1.807) is 17.2 Å². The fraction of sp³-hybridized carbons (Fsp3) is 0.517. The summed E-state index contributed by atoms with van der Waals surface area (Å²) in [5.41, 5.74) is 1.07. The summed E-state index contributed by atoms with van der Waals surface area (Å²) in [7, 11) is 0. The second kappa shape index (κ2) is 13.4. The average Bonchev–Trinajstić information content (AvgIpc) is 3.47. The van der Waals surface area contributed by atoms with Crippen molar-refractivity contribution in [3.63, 3.8) is 0 Å². The lowest BCUT2D eigenvalue weighted by Crippen LogP contribution is -2.46. The minimum absolute atomic E-state index is 0.244. The van der Waals surface area contributed by atoms with Gasteiger partial charge in [0.15, 0.2) is 11.5 Å². The van der Waals surface area contributed by atoms with Gasteiger partial charge in [0.25, 0.3) is 0 Å². The highest BCUT2D eigenvalue weighted by atomic mass is 16.5. The average molecular weight is 519 g/mol. The highest BCUT2D eigenvalue weighted by Crippen LogP contribution is 2.33. The summed E-state index contributed by atoms with van der Waals surface area (Å²) in [6.45, 7) is 4.84. The maximum absolute atomic E-state index is 12.8. The third-order valence-corrected chi connectivity index (χ3v) is 7.45. The minimum Gasteiger partial charge on any atom is -0.490 e. The van der Waals surface area contributed by atoms with E-state index in [1.807, 2.05) is 35.2 Å². The molecule has 0 aliphatic carbocycles. The molecule has 5 rings (SSSR count). The van der Waals surface area contributed by atoms with Crippen molar-refractivity contribution < 1.29 is 14.3 Å². The lowest BCUT2D eigenvalue weighted by atomic mass is 10.0. The normalized spacial score (nSPS) is 17.9. The molecule has 1 amide bonds. The van der Waals surface area contributed by atoms with E-state index in [2.05, 4.69) is 26.0 Å². The van der Waals surface area contributed by atoms with Gasteiger partial charge in [-0.3, -0.25) is 14.4 Å². The van der Waals surface area contributed by atoms with Crippen molar-refractivity contribution >= 4 is 5.91 Å². The van der Waals surface area contributed by atoms with E-state index in [0.717, 1.165) is 82.6 Å². The Kier molecular flexibility index (Phi) is 9.20. The summed E-state index contributed by atoms with van der Waals surface area (Å²) in [5.74, 6) is 2.34. The van der Waals surface area contributed by atoms with Crippen LogP contribution in [-0.4, -0.2) is 67.7 Å². The maximum Gasteiger partial charge on any atom is 0.223 e. The van der Waals surface area contributed by atoms with Crippen molar-refractivity contribution in [3.05, 3.63) is 60.8 Å². The van der Waals surface area contributed by atoms with Gasteiger partial charge in [-0.25, -0.2) is 9.97 Å². The molecule has 3 aromatic rings. The standard InChI is InChI=1S/C29H38N6O3/c36-28(12-8-17-35-23-30-22-32-35)33-18-13-25(14-19-33)34-16-5-1-2-6-20-37-26-10-3-4-11-27(26)38-29-24(21-34)9-7-15-31-29/h3-4,7,9-11,15,22-23,25H,1-2,5-6,8,12-14,16-21H2. The largest absolute Gasteiger partial charge is 0.490 e. The zero-order valence-electron chi connectivity index (χ0n) is 22.1. The van der Waals surface area contributed by atoms with Crippen molar-refractivity contribution in [1.29, 1.82) is 0 Å². The monoisotopic (exact) mass is 518 g/mol. The second-order valence-corrected chi connectivity index (χ2v) is 10.1. The number of carbonyl (C=O) groups excluding carboxylic acids is 1. The Balaban J connectivity index is 1.22. The predicted molar refractivity (Wildman–Crippen MR) is 144 cm³/mol. The lowest BCUT2D eigenvalue weighted by molar-refractivity contribution is -0.133. The molecule has 2 aliphatic heterocycles. The zero-order valence-corrected chi connectivity index (χ0v) is 22.1. The molecule has 9 heteroatoms.